The zero-order valence-corrected chi connectivity index (χ0v) is 18.5. The quantitative estimate of drug-likeness (QED) is 0.711. The van der Waals surface area contributed by atoms with E-state index in [-0.39, 0.29) is 27.8 Å². The molecular weight excluding hydrogens is 432 g/mol. The molecule has 1 saturated heterocycles. The third-order valence-electron chi connectivity index (χ3n) is 4.58. The second kappa shape index (κ2) is 7.47. The molecule has 1 heterocycles. The molecule has 0 aliphatic carbocycles. The molecule has 0 unspecified atom stereocenters. The van der Waals surface area contributed by atoms with Crippen LogP contribution < -0.4 is 18.5 Å². The zero-order chi connectivity index (χ0) is 22.3. The number of carbonyl (C=O) groups is 1. The van der Waals surface area contributed by atoms with Gasteiger partial charge in [0, 0.05) is 6.07 Å². The first-order valence-electron chi connectivity index (χ1n) is 8.84. The number of nitrogens with one attached hydrogen (secondary N) is 1. The van der Waals surface area contributed by atoms with Crippen LogP contribution in [0.15, 0.2) is 47.4 Å². The Morgan fingerprint density at radius 2 is 1.77 bits per heavy atom. The highest BCUT2D eigenvalue weighted by Crippen LogP contribution is 2.38. The van der Waals surface area contributed by atoms with Crippen molar-refractivity contribution in [2.75, 3.05) is 29.0 Å². The van der Waals surface area contributed by atoms with Crippen molar-refractivity contribution >= 4 is 37.3 Å². The van der Waals surface area contributed by atoms with Crippen LogP contribution >= 0.6 is 0 Å². The highest BCUT2D eigenvalue weighted by atomic mass is 32.2. The summed E-state index contributed by atoms with van der Waals surface area (Å²) in [6, 6.07) is 10.0. The summed E-state index contributed by atoms with van der Waals surface area (Å²) in [7, 11) is -5.37. The summed E-state index contributed by atoms with van der Waals surface area (Å²) in [5.41, 5.74) is -0.943. The van der Waals surface area contributed by atoms with E-state index in [1.807, 2.05) is 0 Å². The van der Waals surface area contributed by atoms with Crippen molar-refractivity contribution in [1.82, 2.24) is 0 Å². The number of nitrogens with zero attached hydrogens (tertiary/aromatic N) is 1. The number of anilines is 2. The van der Waals surface area contributed by atoms with Crippen molar-refractivity contribution in [2.24, 2.45) is 5.41 Å². The van der Waals surface area contributed by atoms with E-state index in [0.29, 0.717) is 10.1 Å². The monoisotopic (exact) mass is 454 g/mol. The highest BCUT2D eigenvalue weighted by molar-refractivity contribution is 7.94. The van der Waals surface area contributed by atoms with Gasteiger partial charge in [-0.05, 0) is 44.2 Å². The second-order valence-corrected chi connectivity index (χ2v) is 10.9. The summed E-state index contributed by atoms with van der Waals surface area (Å²) in [4.78, 5) is 12.3. The Bertz CT molecular complexity index is 1210. The van der Waals surface area contributed by atoms with Crippen molar-refractivity contribution in [3.63, 3.8) is 0 Å². The standard InChI is InChI=1S/C19H22N2O7S2/c1-19(2)12-29(23,24)21(18(19)22)14-8-9-16(28-4)17(11-14)30(25,26)20-13-6-5-7-15(10-13)27-3/h5-11,20H,12H2,1-4H3. The van der Waals surface area contributed by atoms with E-state index < -0.39 is 31.4 Å². The molecule has 0 bridgehead atoms. The van der Waals surface area contributed by atoms with E-state index in [0.717, 1.165) is 6.07 Å². The summed E-state index contributed by atoms with van der Waals surface area (Å²) in [6.07, 6.45) is 0. The predicted molar refractivity (Wildman–Crippen MR) is 112 cm³/mol. The Morgan fingerprint density at radius 1 is 1.07 bits per heavy atom. The van der Waals surface area contributed by atoms with Gasteiger partial charge >= 0.3 is 0 Å². The van der Waals surface area contributed by atoms with Crippen LogP contribution in [0.2, 0.25) is 0 Å². The lowest BCUT2D eigenvalue weighted by atomic mass is 9.95. The molecule has 9 nitrogen and oxygen atoms in total. The molecule has 1 aliphatic heterocycles. The molecule has 1 N–H and O–H groups in total. The van der Waals surface area contributed by atoms with Gasteiger partial charge in [-0.15, -0.1) is 0 Å². The summed E-state index contributed by atoms with van der Waals surface area (Å²) in [5, 5.41) is 0. The van der Waals surface area contributed by atoms with E-state index in [1.165, 1.54) is 52.3 Å². The smallest absolute Gasteiger partial charge is 0.265 e. The number of hydrogen-bond acceptors (Lipinski definition) is 7. The Labute approximate surface area is 175 Å². The van der Waals surface area contributed by atoms with E-state index in [2.05, 4.69) is 4.72 Å². The van der Waals surface area contributed by atoms with Gasteiger partial charge in [-0.1, -0.05) is 6.07 Å². The van der Waals surface area contributed by atoms with Crippen LogP contribution in [0.4, 0.5) is 11.4 Å². The van der Waals surface area contributed by atoms with Crippen LogP contribution in [0.5, 0.6) is 11.5 Å². The fourth-order valence-corrected chi connectivity index (χ4v) is 6.50. The SMILES string of the molecule is COc1cccc(NS(=O)(=O)c2cc(N3C(=O)C(C)(C)CS3(=O)=O)ccc2OC)c1. The van der Waals surface area contributed by atoms with Gasteiger partial charge in [0.15, 0.2) is 0 Å². The average molecular weight is 455 g/mol. The maximum Gasteiger partial charge on any atom is 0.265 e. The molecule has 30 heavy (non-hydrogen) atoms. The van der Waals surface area contributed by atoms with Crippen molar-refractivity contribution in [3.05, 3.63) is 42.5 Å². The Morgan fingerprint density at radius 3 is 2.33 bits per heavy atom. The third kappa shape index (κ3) is 3.94. The van der Waals surface area contributed by atoms with Crippen molar-refractivity contribution in [1.29, 1.82) is 0 Å². The summed E-state index contributed by atoms with van der Waals surface area (Å²) >= 11 is 0. The van der Waals surface area contributed by atoms with Crippen LogP contribution in [0, 0.1) is 5.41 Å². The van der Waals surface area contributed by atoms with Gasteiger partial charge in [-0.2, -0.15) is 0 Å². The number of benzene rings is 2. The fraction of sp³-hybridized carbons (Fsp3) is 0.316. The first kappa shape index (κ1) is 21.9. The minimum absolute atomic E-state index is 0.00236. The second-order valence-electron chi connectivity index (χ2n) is 7.38. The van der Waals surface area contributed by atoms with Gasteiger partial charge in [0.25, 0.3) is 10.0 Å². The van der Waals surface area contributed by atoms with Crippen LogP contribution in [0.3, 0.4) is 0 Å². The molecule has 0 saturated carbocycles. The lowest BCUT2D eigenvalue weighted by molar-refractivity contribution is -0.123. The summed E-state index contributed by atoms with van der Waals surface area (Å²) < 4.78 is 64.5. The molecule has 1 amide bonds. The van der Waals surface area contributed by atoms with Crippen LogP contribution in [-0.4, -0.2) is 42.7 Å². The van der Waals surface area contributed by atoms with E-state index in [9.17, 15) is 21.6 Å². The van der Waals surface area contributed by atoms with Crippen molar-refractivity contribution in [2.45, 2.75) is 18.7 Å². The van der Waals surface area contributed by atoms with Gasteiger partial charge in [-0.25, -0.2) is 21.1 Å². The number of amides is 1. The number of sulfonamides is 2. The lowest BCUT2D eigenvalue weighted by Gasteiger charge is -2.19. The Balaban J connectivity index is 2.08. The van der Waals surface area contributed by atoms with Crippen LogP contribution in [-0.2, 0) is 24.8 Å². The Hall–Kier alpha value is -2.79. The maximum absolute atomic E-state index is 13.0. The van der Waals surface area contributed by atoms with Gasteiger partial charge < -0.3 is 9.47 Å². The Kier molecular flexibility index (Phi) is 5.46. The molecule has 0 radical (unpaired) electrons. The highest BCUT2D eigenvalue weighted by Gasteiger charge is 2.50. The van der Waals surface area contributed by atoms with E-state index in [4.69, 9.17) is 9.47 Å². The molecule has 1 aliphatic rings. The van der Waals surface area contributed by atoms with Crippen LogP contribution in [0.1, 0.15) is 13.8 Å². The van der Waals surface area contributed by atoms with Crippen LogP contribution in [0.25, 0.3) is 0 Å². The molecule has 162 valence electrons. The van der Waals surface area contributed by atoms with Crippen molar-refractivity contribution in [3.8, 4) is 11.5 Å². The normalized spacial score (nSPS) is 17.6. The zero-order valence-electron chi connectivity index (χ0n) is 16.9. The predicted octanol–water partition coefficient (Wildman–Crippen LogP) is 2.21. The van der Waals surface area contributed by atoms with Gasteiger partial charge in [0.1, 0.15) is 16.4 Å². The first-order valence-corrected chi connectivity index (χ1v) is 11.9. The molecule has 0 aromatic heterocycles. The van der Waals surface area contributed by atoms with Gasteiger partial charge in [-0.3, -0.25) is 9.52 Å². The third-order valence-corrected chi connectivity index (χ3v) is 8.00. The lowest BCUT2D eigenvalue weighted by Crippen LogP contribution is -2.33. The molecule has 2 aromatic rings. The number of ether oxygens (including phenoxy) is 2. The molecular formula is C19H22N2O7S2. The first-order chi connectivity index (χ1) is 13.9. The molecule has 2 aromatic carbocycles. The molecule has 11 heteroatoms. The number of hydrogen-bond donors (Lipinski definition) is 1. The average Bonchev–Trinajstić information content (AvgIpc) is 2.83. The summed E-state index contributed by atoms with van der Waals surface area (Å²) in [5.74, 6) is -0.546. The molecule has 3 rings (SSSR count). The van der Waals surface area contributed by atoms with E-state index in [1.54, 1.807) is 12.1 Å². The van der Waals surface area contributed by atoms with Gasteiger partial charge in [0.05, 0.1) is 36.8 Å². The molecule has 0 spiro atoms. The number of methoxy groups -OCH3 is 2. The fourth-order valence-electron chi connectivity index (χ4n) is 3.16. The number of carbonyl (C=O) groups excluding carboxylic acids is 1. The minimum Gasteiger partial charge on any atom is -0.497 e. The van der Waals surface area contributed by atoms with Crippen molar-refractivity contribution < 1.29 is 31.1 Å². The summed E-state index contributed by atoms with van der Waals surface area (Å²) in [6.45, 7) is 3.05. The maximum atomic E-state index is 13.0. The molecule has 0 atom stereocenters. The topological polar surface area (TPSA) is 119 Å². The molecule has 1 fully saturated rings. The van der Waals surface area contributed by atoms with Gasteiger partial charge in [0.2, 0.25) is 15.9 Å². The largest absolute Gasteiger partial charge is 0.497 e. The van der Waals surface area contributed by atoms with E-state index >= 15 is 0 Å². The minimum atomic E-state index is -4.18. The number of rotatable bonds is 6.